The van der Waals surface area contributed by atoms with E-state index in [0.29, 0.717) is 61.6 Å². The van der Waals surface area contributed by atoms with Crippen LogP contribution in [0.15, 0.2) is 133 Å². The fourth-order valence-electron chi connectivity index (χ4n) is 9.64. The van der Waals surface area contributed by atoms with Gasteiger partial charge >= 0.3 is 0 Å². The Hall–Kier alpha value is -6.42. The van der Waals surface area contributed by atoms with Crippen molar-refractivity contribution >= 4 is 21.5 Å². The molecule has 0 spiro atoms. The fraction of sp³-hybridized carbons (Fsp3) is 0.228. The molecule has 336 valence electrons. The highest BCUT2D eigenvalue weighted by molar-refractivity contribution is 6.12. The standard InChI is InChI=1S/C57H50F6NO2/c1-3-4-23-64(24-9-10-25-65-34-37-19-21-43(22-20-37)66-35-38-17-15-36(2)16-18-38)32-48-46(41-28-50(58)56(62)51(59)29-41)26-39-11-5-7-13-44(39)54(48)55-45-14-8-6-12-40(45)27-47(49(55)33-64)42-30-52(60)57(63)53(61)31-42/h5-8,11-22,26-31H,3-4,9-10,23-25,32-35H2,1-2H3/q+1. The summed E-state index contributed by atoms with van der Waals surface area (Å²) < 4.78 is 103. The molecule has 0 saturated carbocycles. The third-order valence-electron chi connectivity index (χ3n) is 13.0. The summed E-state index contributed by atoms with van der Waals surface area (Å²) in [4.78, 5) is 0. The zero-order valence-corrected chi connectivity index (χ0v) is 37.0. The number of halogens is 6. The first-order chi connectivity index (χ1) is 32.0. The van der Waals surface area contributed by atoms with E-state index in [1.807, 2.05) is 84.9 Å². The predicted molar refractivity (Wildman–Crippen MR) is 251 cm³/mol. The van der Waals surface area contributed by atoms with Gasteiger partial charge in [-0.1, -0.05) is 104 Å². The first kappa shape index (κ1) is 44.8. The third kappa shape index (κ3) is 9.20. The summed E-state index contributed by atoms with van der Waals surface area (Å²) in [6.07, 6.45) is 3.22. The van der Waals surface area contributed by atoms with Crippen molar-refractivity contribution in [3.8, 4) is 39.1 Å². The average molecular weight is 895 g/mol. The minimum absolute atomic E-state index is 0.202. The molecule has 0 aliphatic carbocycles. The van der Waals surface area contributed by atoms with Crippen molar-refractivity contribution in [2.45, 2.75) is 65.8 Å². The van der Waals surface area contributed by atoms with Crippen LogP contribution >= 0.6 is 0 Å². The third-order valence-corrected chi connectivity index (χ3v) is 13.0. The zero-order chi connectivity index (χ0) is 46.0. The maximum atomic E-state index is 15.2. The minimum Gasteiger partial charge on any atom is -0.489 e. The van der Waals surface area contributed by atoms with Crippen molar-refractivity contribution in [3.63, 3.8) is 0 Å². The molecule has 0 amide bonds. The second-order valence-electron chi connectivity index (χ2n) is 17.6. The first-order valence-electron chi connectivity index (χ1n) is 22.6. The van der Waals surface area contributed by atoms with Gasteiger partial charge in [-0.25, -0.2) is 26.3 Å². The number of hydrogen-bond acceptors (Lipinski definition) is 2. The molecule has 0 fully saturated rings. The largest absolute Gasteiger partial charge is 0.489 e. The number of ether oxygens (including phenoxy) is 2. The molecular formula is C57H50F6NO2+. The lowest BCUT2D eigenvalue weighted by Gasteiger charge is -2.39. The molecule has 9 heteroatoms. The van der Waals surface area contributed by atoms with E-state index < -0.39 is 34.9 Å². The number of benzene rings is 8. The molecule has 0 radical (unpaired) electrons. The van der Waals surface area contributed by atoms with Crippen LogP contribution in [0.2, 0.25) is 0 Å². The Morgan fingerprint density at radius 1 is 0.515 bits per heavy atom. The number of quaternary nitrogens is 1. The Morgan fingerprint density at radius 2 is 0.985 bits per heavy atom. The SMILES string of the molecule is CCCC[N+]1(CCCCOCc2ccc(OCc3ccc(C)cc3)cc2)Cc2c(-c3cc(F)c(F)c(F)c3)cc3ccccc3c2-c2c(c(-c3cc(F)c(F)c(F)c3)cc3ccccc23)C1. The van der Waals surface area contributed by atoms with Crippen LogP contribution in [-0.2, 0) is 31.0 Å². The van der Waals surface area contributed by atoms with Crippen LogP contribution in [0.3, 0.4) is 0 Å². The van der Waals surface area contributed by atoms with Gasteiger partial charge in [0.15, 0.2) is 34.9 Å². The summed E-state index contributed by atoms with van der Waals surface area (Å²) >= 11 is 0. The normalized spacial score (nSPS) is 13.2. The Kier molecular flexibility index (Phi) is 13.0. The molecule has 3 nitrogen and oxygen atoms in total. The van der Waals surface area contributed by atoms with Gasteiger partial charge in [-0.3, -0.25) is 0 Å². The number of nitrogens with zero attached hydrogens (tertiary/aromatic N) is 1. The van der Waals surface area contributed by atoms with Crippen LogP contribution < -0.4 is 4.74 Å². The molecule has 0 saturated heterocycles. The monoisotopic (exact) mass is 894 g/mol. The molecule has 0 unspecified atom stereocenters. The molecule has 0 aromatic heterocycles. The van der Waals surface area contributed by atoms with Gasteiger partial charge in [-0.2, -0.15) is 0 Å². The predicted octanol–water partition coefficient (Wildman–Crippen LogP) is 15.3. The summed E-state index contributed by atoms with van der Waals surface area (Å²) in [5.41, 5.74) is 8.17. The average Bonchev–Trinajstić information content (AvgIpc) is 3.48. The highest BCUT2D eigenvalue weighted by Gasteiger charge is 2.38. The summed E-state index contributed by atoms with van der Waals surface area (Å²) in [7, 11) is 0. The quantitative estimate of drug-likeness (QED) is 0.0442. The van der Waals surface area contributed by atoms with E-state index in [1.165, 1.54) is 5.56 Å². The number of rotatable bonds is 15. The van der Waals surface area contributed by atoms with Gasteiger partial charge in [-0.15, -0.1) is 0 Å². The summed E-state index contributed by atoms with van der Waals surface area (Å²) in [6.45, 7) is 7.84. The van der Waals surface area contributed by atoms with Gasteiger partial charge in [0.1, 0.15) is 25.4 Å². The number of fused-ring (bicyclic) bond motifs is 7. The van der Waals surface area contributed by atoms with Crippen molar-refractivity contribution in [1.29, 1.82) is 0 Å². The Morgan fingerprint density at radius 3 is 1.50 bits per heavy atom. The van der Waals surface area contributed by atoms with Crippen LogP contribution in [0, 0.1) is 41.8 Å². The molecule has 1 heterocycles. The summed E-state index contributed by atoms with van der Waals surface area (Å²) in [5, 5.41) is 3.36. The van der Waals surface area contributed by atoms with E-state index in [4.69, 9.17) is 9.47 Å². The smallest absolute Gasteiger partial charge is 0.194 e. The van der Waals surface area contributed by atoms with E-state index in [9.17, 15) is 8.78 Å². The Labute approximate surface area is 381 Å². The van der Waals surface area contributed by atoms with E-state index in [1.54, 1.807) is 0 Å². The van der Waals surface area contributed by atoms with Crippen molar-refractivity contribution in [1.82, 2.24) is 0 Å². The lowest BCUT2D eigenvalue weighted by atomic mass is 9.82. The first-order valence-corrected chi connectivity index (χ1v) is 22.6. The number of unbranched alkanes of at least 4 members (excludes halogenated alkanes) is 2. The highest BCUT2D eigenvalue weighted by atomic mass is 19.2. The summed E-state index contributed by atoms with van der Waals surface area (Å²) in [6, 6.07) is 39.8. The van der Waals surface area contributed by atoms with Gasteiger partial charge in [0.25, 0.3) is 0 Å². The van der Waals surface area contributed by atoms with E-state index in [-0.39, 0.29) is 11.1 Å². The Balaban J connectivity index is 1.10. The van der Waals surface area contributed by atoms with Gasteiger partial charge in [0.2, 0.25) is 0 Å². The van der Waals surface area contributed by atoms with Gasteiger partial charge in [0, 0.05) is 28.9 Å². The molecule has 8 aromatic rings. The van der Waals surface area contributed by atoms with Crippen LogP contribution in [0.4, 0.5) is 26.3 Å². The lowest BCUT2D eigenvalue weighted by molar-refractivity contribution is -0.953. The van der Waals surface area contributed by atoms with Gasteiger partial charge < -0.3 is 14.0 Å². The van der Waals surface area contributed by atoms with Gasteiger partial charge in [-0.05, 0) is 130 Å². The topological polar surface area (TPSA) is 18.5 Å². The number of aryl methyl sites for hydroxylation is 1. The van der Waals surface area contributed by atoms with Crippen molar-refractivity contribution < 1.29 is 40.3 Å². The van der Waals surface area contributed by atoms with Crippen LogP contribution in [0.5, 0.6) is 5.75 Å². The molecule has 0 atom stereocenters. The van der Waals surface area contributed by atoms with Crippen LogP contribution in [0.25, 0.3) is 54.9 Å². The molecule has 0 N–H and O–H groups in total. The summed E-state index contributed by atoms with van der Waals surface area (Å²) in [5.74, 6) is -7.46. The van der Waals surface area contributed by atoms with E-state index >= 15 is 17.6 Å². The van der Waals surface area contributed by atoms with Gasteiger partial charge in [0.05, 0.1) is 19.7 Å². The minimum atomic E-state index is -1.54. The highest BCUT2D eigenvalue weighted by Crippen LogP contribution is 2.50. The second kappa shape index (κ2) is 19.2. The van der Waals surface area contributed by atoms with E-state index in [0.717, 1.165) is 111 Å². The molecule has 0 bridgehead atoms. The fourth-order valence-corrected chi connectivity index (χ4v) is 9.64. The molecule has 66 heavy (non-hydrogen) atoms. The molecule has 8 aromatic carbocycles. The van der Waals surface area contributed by atoms with Crippen LogP contribution in [-0.4, -0.2) is 24.2 Å². The lowest BCUT2D eigenvalue weighted by Crippen LogP contribution is -2.47. The molecule has 1 aliphatic rings. The van der Waals surface area contributed by atoms with E-state index in [2.05, 4.69) is 38.1 Å². The second-order valence-corrected chi connectivity index (χ2v) is 17.6. The number of hydrogen-bond donors (Lipinski definition) is 0. The van der Waals surface area contributed by atoms with Crippen molar-refractivity contribution in [3.05, 3.63) is 196 Å². The maximum absolute atomic E-state index is 15.2. The van der Waals surface area contributed by atoms with Crippen LogP contribution in [0.1, 0.15) is 60.4 Å². The molecule has 9 rings (SSSR count). The maximum Gasteiger partial charge on any atom is 0.194 e. The Bertz CT molecular complexity index is 2860. The van der Waals surface area contributed by atoms with Crippen molar-refractivity contribution in [2.24, 2.45) is 0 Å². The zero-order valence-electron chi connectivity index (χ0n) is 37.0. The van der Waals surface area contributed by atoms with Crippen molar-refractivity contribution in [2.75, 3.05) is 19.7 Å². The molecule has 1 aliphatic heterocycles. The molecular weight excluding hydrogens is 845 g/mol.